The molecule has 2 aromatic carbocycles. The number of likely N-dealkylation sites (tertiary alicyclic amines) is 1. The second-order valence-corrected chi connectivity index (χ2v) is 7.93. The van der Waals surface area contributed by atoms with Crippen molar-refractivity contribution in [3.8, 4) is 0 Å². The molecule has 0 aliphatic carbocycles. The molecular formula is C22H23N3O3. The van der Waals surface area contributed by atoms with Gasteiger partial charge in [-0.15, -0.1) is 0 Å². The van der Waals surface area contributed by atoms with E-state index >= 15 is 0 Å². The summed E-state index contributed by atoms with van der Waals surface area (Å²) in [7, 11) is 0. The summed E-state index contributed by atoms with van der Waals surface area (Å²) in [6.07, 6.45) is 0.893. The minimum Gasteiger partial charge on any atom is -0.338 e. The van der Waals surface area contributed by atoms with Crippen LogP contribution in [0, 0.1) is 5.41 Å². The summed E-state index contributed by atoms with van der Waals surface area (Å²) in [5.41, 5.74) is 7.98. The van der Waals surface area contributed by atoms with Gasteiger partial charge in [0.2, 0.25) is 0 Å². The third-order valence-electron chi connectivity index (χ3n) is 5.73. The molecule has 0 spiro atoms. The lowest BCUT2D eigenvalue weighted by atomic mass is 9.90. The Bertz CT molecular complexity index is 936. The fourth-order valence-electron chi connectivity index (χ4n) is 3.91. The van der Waals surface area contributed by atoms with E-state index < -0.39 is 0 Å². The fourth-order valence-corrected chi connectivity index (χ4v) is 3.91. The SMILES string of the molecule is CC1(CN)CCN(C(=O)c2cccc(CN3C(=O)c4ccccc4C3=O)c2)C1. The number of nitrogens with zero attached hydrogens (tertiary/aromatic N) is 2. The summed E-state index contributed by atoms with van der Waals surface area (Å²) in [6.45, 7) is 4.13. The molecule has 2 aliphatic rings. The second-order valence-electron chi connectivity index (χ2n) is 7.93. The van der Waals surface area contributed by atoms with Crippen LogP contribution in [0.3, 0.4) is 0 Å². The van der Waals surface area contributed by atoms with Crippen molar-refractivity contribution in [2.75, 3.05) is 19.6 Å². The largest absolute Gasteiger partial charge is 0.338 e. The van der Waals surface area contributed by atoms with Crippen molar-refractivity contribution in [1.29, 1.82) is 0 Å². The van der Waals surface area contributed by atoms with E-state index in [1.165, 1.54) is 4.90 Å². The number of nitrogens with two attached hydrogens (primary N) is 1. The van der Waals surface area contributed by atoms with Crippen LogP contribution in [0.1, 0.15) is 50.0 Å². The van der Waals surface area contributed by atoms with Crippen molar-refractivity contribution in [1.82, 2.24) is 9.80 Å². The highest BCUT2D eigenvalue weighted by Crippen LogP contribution is 2.30. The maximum Gasteiger partial charge on any atom is 0.261 e. The number of carbonyl (C=O) groups is 3. The fraction of sp³-hybridized carbons (Fsp3) is 0.318. The summed E-state index contributed by atoms with van der Waals surface area (Å²) < 4.78 is 0. The number of amides is 3. The first-order valence-electron chi connectivity index (χ1n) is 9.45. The second kappa shape index (κ2) is 6.87. The van der Waals surface area contributed by atoms with Crippen LogP contribution in [-0.4, -0.2) is 47.2 Å². The Morgan fingerprint density at radius 3 is 2.36 bits per heavy atom. The van der Waals surface area contributed by atoms with Gasteiger partial charge in [-0.3, -0.25) is 19.3 Å². The van der Waals surface area contributed by atoms with Crippen molar-refractivity contribution in [2.45, 2.75) is 19.9 Å². The first-order chi connectivity index (χ1) is 13.4. The van der Waals surface area contributed by atoms with Gasteiger partial charge in [0.05, 0.1) is 17.7 Å². The van der Waals surface area contributed by atoms with Crippen molar-refractivity contribution < 1.29 is 14.4 Å². The quantitative estimate of drug-likeness (QED) is 0.829. The number of fused-ring (bicyclic) bond motifs is 1. The number of rotatable bonds is 4. The summed E-state index contributed by atoms with van der Waals surface area (Å²) in [5.74, 6) is -0.632. The van der Waals surface area contributed by atoms with E-state index in [0.717, 1.165) is 12.0 Å². The molecule has 144 valence electrons. The Labute approximate surface area is 163 Å². The van der Waals surface area contributed by atoms with Gasteiger partial charge < -0.3 is 10.6 Å². The molecule has 2 aromatic rings. The standard InChI is InChI=1S/C22H23N3O3/c1-22(13-23)9-10-24(14-22)19(26)16-6-4-5-15(11-16)12-25-20(27)17-7-2-3-8-18(17)21(25)28/h2-8,11H,9-10,12-14,23H2,1H3. The van der Waals surface area contributed by atoms with E-state index in [-0.39, 0.29) is 29.7 Å². The molecule has 1 atom stereocenters. The van der Waals surface area contributed by atoms with Gasteiger partial charge in [-0.2, -0.15) is 0 Å². The molecule has 0 aromatic heterocycles. The summed E-state index contributed by atoms with van der Waals surface area (Å²) in [5, 5.41) is 0. The Balaban J connectivity index is 1.52. The molecule has 0 bridgehead atoms. The van der Waals surface area contributed by atoms with Crippen LogP contribution >= 0.6 is 0 Å². The average molecular weight is 377 g/mol. The van der Waals surface area contributed by atoms with E-state index in [0.29, 0.717) is 36.3 Å². The smallest absolute Gasteiger partial charge is 0.261 e. The molecule has 0 saturated carbocycles. The molecule has 6 heteroatoms. The van der Waals surface area contributed by atoms with Gasteiger partial charge in [0, 0.05) is 18.7 Å². The number of imide groups is 1. The van der Waals surface area contributed by atoms with E-state index in [1.807, 2.05) is 11.0 Å². The molecule has 2 heterocycles. The zero-order valence-corrected chi connectivity index (χ0v) is 15.9. The molecule has 3 amide bonds. The lowest BCUT2D eigenvalue weighted by Gasteiger charge is -2.23. The molecule has 2 aliphatic heterocycles. The molecule has 1 fully saturated rings. The number of hydrogen-bond donors (Lipinski definition) is 1. The minimum absolute atomic E-state index is 0.0343. The number of carbonyl (C=O) groups excluding carboxylic acids is 3. The summed E-state index contributed by atoms with van der Waals surface area (Å²) in [6, 6.07) is 14.0. The average Bonchev–Trinajstić information content (AvgIpc) is 3.23. The predicted molar refractivity (Wildman–Crippen MR) is 105 cm³/mol. The Hall–Kier alpha value is -2.99. The van der Waals surface area contributed by atoms with E-state index in [4.69, 9.17) is 5.73 Å². The van der Waals surface area contributed by atoms with Gasteiger partial charge in [-0.1, -0.05) is 31.2 Å². The van der Waals surface area contributed by atoms with Crippen LogP contribution in [0.15, 0.2) is 48.5 Å². The molecule has 2 N–H and O–H groups in total. The minimum atomic E-state index is -0.296. The molecule has 0 radical (unpaired) electrons. The predicted octanol–water partition coefficient (Wildman–Crippen LogP) is 2.29. The topological polar surface area (TPSA) is 83.7 Å². The molecule has 1 saturated heterocycles. The molecule has 6 nitrogen and oxygen atoms in total. The van der Waals surface area contributed by atoms with Crippen molar-refractivity contribution in [2.24, 2.45) is 11.1 Å². The van der Waals surface area contributed by atoms with Crippen LogP contribution in [0.2, 0.25) is 0 Å². The van der Waals surface area contributed by atoms with Crippen LogP contribution in [0.4, 0.5) is 0 Å². The van der Waals surface area contributed by atoms with Crippen LogP contribution in [0.5, 0.6) is 0 Å². The zero-order valence-electron chi connectivity index (χ0n) is 15.9. The third kappa shape index (κ3) is 3.10. The van der Waals surface area contributed by atoms with Crippen molar-refractivity contribution >= 4 is 17.7 Å². The highest BCUT2D eigenvalue weighted by molar-refractivity contribution is 6.21. The maximum atomic E-state index is 12.9. The maximum absolute atomic E-state index is 12.9. The van der Waals surface area contributed by atoms with E-state index in [2.05, 4.69) is 6.92 Å². The summed E-state index contributed by atoms with van der Waals surface area (Å²) >= 11 is 0. The Morgan fingerprint density at radius 2 is 1.75 bits per heavy atom. The molecule has 1 unspecified atom stereocenters. The summed E-state index contributed by atoms with van der Waals surface area (Å²) in [4.78, 5) is 41.1. The van der Waals surface area contributed by atoms with Gasteiger partial charge >= 0.3 is 0 Å². The zero-order chi connectivity index (χ0) is 19.9. The van der Waals surface area contributed by atoms with Crippen molar-refractivity contribution in [3.63, 3.8) is 0 Å². The van der Waals surface area contributed by atoms with Gasteiger partial charge in [0.25, 0.3) is 17.7 Å². The van der Waals surface area contributed by atoms with E-state index in [9.17, 15) is 14.4 Å². The van der Waals surface area contributed by atoms with Crippen LogP contribution < -0.4 is 5.73 Å². The lowest BCUT2D eigenvalue weighted by Crippen LogP contribution is -2.34. The van der Waals surface area contributed by atoms with Gasteiger partial charge in [0.15, 0.2) is 0 Å². The van der Waals surface area contributed by atoms with E-state index in [1.54, 1.807) is 42.5 Å². The van der Waals surface area contributed by atoms with Crippen molar-refractivity contribution in [3.05, 3.63) is 70.8 Å². The monoisotopic (exact) mass is 377 g/mol. The third-order valence-corrected chi connectivity index (χ3v) is 5.73. The van der Waals surface area contributed by atoms with Crippen LogP contribution in [-0.2, 0) is 6.54 Å². The van der Waals surface area contributed by atoms with Crippen LogP contribution in [0.25, 0.3) is 0 Å². The molecule has 4 rings (SSSR count). The first kappa shape index (κ1) is 18.4. The Morgan fingerprint density at radius 1 is 1.07 bits per heavy atom. The highest BCUT2D eigenvalue weighted by atomic mass is 16.2. The number of benzene rings is 2. The van der Waals surface area contributed by atoms with Gasteiger partial charge in [-0.25, -0.2) is 0 Å². The lowest BCUT2D eigenvalue weighted by molar-refractivity contribution is 0.0642. The van der Waals surface area contributed by atoms with Gasteiger partial charge in [-0.05, 0) is 48.2 Å². The first-order valence-corrected chi connectivity index (χ1v) is 9.45. The molecular weight excluding hydrogens is 354 g/mol. The number of hydrogen-bond acceptors (Lipinski definition) is 4. The Kier molecular flexibility index (Phi) is 4.51. The normalized spacial score (nSPS) is 21.4. The highest BCUT2D eigenvalue weighted by Gasteiger charge is 2.36. The van der Waals surface area contributed by atoms with Gasteiger partial charge in [0.1, 0.15) is 0 Å². The molecule has 28 heavy (non-hydrogen) atoms.